The molecule has 9 heteroatoms. The van der Waals surface area contributed by atoms with Crippen molar-refractivity contribution in [3.8, 4) is 0 Å². The summed E-state index contributed by atoms with van der Waals surface area (Å²) in [4.78, 5) is 33.4. The van der Waals surface area contributed by atoms with Crippen LogP contribution in [0.2, 0.25) is 0 Å². The number of carbonyl (C=O) groups excluding carboxylic acids is 1. The molecule has 1 aromatic rings. The molecule has 2 N–H and O–H groups in total. The van der Waals surface area contributed by atoms with Gasteiger partial charge in [0.2, 0.25) is 11.7 Å². The number of ether oxygens (including phenoxy) is 1. The number of rotatable bonds is 4. The van der Waals surface area contributed by atoms with Gasteiger partial charge in [0.15, 0.2) is 0 Å². The zero-order valence-corrected chi connectivity index (χ0v) is 11.5. The molecule has 4 atom stereocenters. The van der Waals surface area contributed by atoms with Crippen LogP contribution in [0.15, 0.2) is 30.4 Å². The van der Waals surface area contributed by atoms with Crippen molar-refractivity contribution in [2.75, 3.05) is 5.32 Å². The first-order valence-corrected chi connectivity index (χ1v) is 6.70. The molecular weight excluding hydrogens is 311 g/mol. The van der Waals surface area contributed by atoms with Gasteiger partial charge in [0, 0.05) is 11.8 Å². The molecule has 1 aromatic carbocycles. The normalized spacial score (nSPS) is 27.9. The first kappa shape index (κ1) is 15.1. The van der Waals surface area contributed by atoms with Crippen LogP contribution >= 0.6 is 0 Å². The fraction of sp³-hybridized carbons (Fsp3) is 0.286. The van der Waals surface area contributed by atoms with Crippen molar-refractivity contribution in [1.29, 1.82) is 0 Å². The number of nitro groups is 1. The molecule has 0 aliphatic carbocycles. The highest BCUT2D eigenvalue weighted by molar-refractivity contribution is 5.96. The number of nitrogens with zero attached hydrogens (tertiary/aromatic N) is 1. The van der Waals surface area contributed by atoms with Crippen LogP contribution in [0.3, 0.4) is 0 Å². The van der Waals surface area contributed by atoms with E-state index in [1.807, 2.05) is 0 Å². The summed E-state index contributed by atoms with van der Waals surface area (Å²) >= 11 is 0. The van der Waals surface area contributed by atoms with Gasteiger partial charge in [-0.3, -0.25) is 19.7 Å². The average molecular weight is 322 g/mol. The molecule has 0 radical (unpaired) electrons. The van der Waals surface area contributed by atoms with Gasteiger partial charge in [-0.2, -0.15) is 4.39 Å². The third-order valence-electron chi connectivity index (χ3n) is 3.90. The molecule has 0 aromatic heterocycles. The summed E-state index contributed by atoms with van der Waals surface area (Å²) in [5.74, 6) is -4.81. The zero-order chi connectivity index (χ0) is 16.7. The first-order valence-electron chi connectivity index (χ1n) is 6.70. The van der Waals surface area contributed by atoms with Gasteiger partial charge >= 0.3 is 11.7 Å². The van der Waals surface area contributed by atoms with Gasteiger partial charge in [-0.25, -0.2) is 0 Å². The minimum absolute atomic E-state index is 0.0130. The molecule has 2 heterocycles. The maximum absolute atomic E-state index is 13.3. The summed E-state index contributed by atoms with van der Waals surface area (Å²) in [7, 11) is 0. The molecular formula is C14H11FN2O6. The van der Waals surface area contributed by atoms with Crippen LogP contribution in [0.4, 0.5) is 15.8 Å². The molecule has 1 saturated heterocycles. The van der Waals surface area contributed by atoms with Crippen molar-refractivity contribution in [2.45, 2.75) is 12.2 Å². The maximum Gasteiger partial charge on any atom is 0.310 e. The van der Waals surface area contributed by atoms with E-state index in [9.17, 15) is 29.2 Å². The molecule has 1 amide bonds. The highest BCUT2D eigenvalue weighted by Gasteiger charge is 2.53. The standard InChI is InChI=1S/C14H11FN2O6/c15-7-2-1-6(5-8(7)17(21)22)16-13(18)11-9-3-4-10(23-9)12(11)14(19)20/h1-5,9-12H,(H,16,18)(H,19,20)/t9-,10-,11+,12+/m1/s1. The van der Waals surface area contributed by atoms with Gasteiger partial charge in [-0.15, -0.1) is 0 Å². The van der Waals surface area contributed by atoms with E-state index < -0.39 is 52.3 Å². The molecule has 23 heavy (non-hydrogen) atoms. The van der Waals surface area contributed by atoms with Gasteiger partial charge in [0.1, 0.15) is 5.92 Å². The third-order valence-corrected chi connectivity index (χ3v) is 3.90. The van der Waals surface area contributed by atoms with E-state index >= 15 is 0 Å². The summed E-state index contributed by atoms with van der Waals surface area (Å²) in [5.41, 5.74) is -0.763. The summed E-state index contributed by atoms with van der Waals surface area (Å²) < 4.78 is 18.7. The van der Waals surface area contributed by atoms with E-state index in [1.54, 1.807) is 12.2 Å². The predicted octanol–water partition coefficient (Wildman–Crippen LogP) is 1.33. The number of hydrogen-bond donors (Lipinski definition) is 2. The Labute approximate surface area is 128 Å². The molecule has 0 spiro atoms. The van der Waals surface area contributed by atoms with Crippen LogP contribution < -0.4 is 5.32 Å². The third kappa shape index (κ3) is 2.55. The smallest absolute Gasteiger partial charge is 0.310 e. The number of carbonyl (C=O) groups is 2. The van der Waals surface area contributed by atoms with Crippen molar-refractivity contribution in [1.82, 2.24) is 0 Å². The topological polar surface area (TPSA) is 119 Å². The number of halogens is 1. The van der Waals surface area contributed by atoms with Gasteiger partial charge in [0.05, 0.1) is 23.0 Å². The molecule has 3 rings (SSSR count). The Hall–Kier alpha value is -2.81. The van der Waals surface area contributed by atoms with Crippen molar-refractivity contribution in [3.05, 3.63) is 46.3 Å². The Morgan fingerprint density at radius 3 is 2.52 bits per heavy atom. The minimum Gasteiger partial charge on any atom is -0.481 e. The maximum atomic E-state index is 13.3. The Morgan fingerprint density at radius 1 is 1.26 bits per heavy atom. The van der Waals surface area contributed by atoms with Crippen LogP contribution in [-0.4, -0.2) is 34.1 Å². The number of hydrogen-bond acceptors (Lipinski definition) is 5. The van der Waals surface area contributed by atoms with Crippen LogP contribution in [0.25, 0.3) is 0 Å². The number of nitrogens with one attached hydrogen (secondary N) is 1. The molecule has 1 fully saturated rings. The van der Waals surface area contributed by atoms with Crippen LogP contribution in [-0.2, 0) is 14.3 Å². The number of fused-ring (bicyclic) bond motifs is 2. The van der Waals surface area contributed by atoms with Crippen LogP contribution in [0, 0.1) is 27.8 Å². The summed E-state index contributed by atoms with van der Waals surface area (Å²) in [5, 5.41) is 22.3. The SMILES string of the molecule is O=C(O)[C@@H]1[C@@H](C(=O)Nc2ccc(F)c([N+](=O)[O-])c2)[C@H]2C=C[C@H]1O2. The number of carboxylic acid groups (broad SMARTS) is 1. The summed E-state index contributed by atoms with van der Waals surface area (Å²) in [6, 6.07) is 2.91. The lowest BCUT2D eigenvalue weighted by Crippen LogP contribution is -2.39. The highest BCUT2D eigenvalue weighted by atomic mass is 19.1. The summed E-state index contributed by atoms with van der Waals surface area (Å²) in [6.45, 7) is 0. The molecule has 2 aliphatic heterocycles. The van der Waals surface area contributed by atoms with Crippen LogP contribution in [0.5, 0.6) is 0 Å². The minimum atomic E-state index is -1.16. The second-order valence-electron chi connectivity index (χ2n) is 5.25. The highest BCUT2D eigenvalue weighted by Crippen LogP contribution is 2.40. The predicted molar refractivity (Wildman–Crippen MR) is 74.1 cm³/mol. The Morgan fingerprint density at radius 2 is 1.91 bits per heavy atom. The Balaban J connectivity index is 1.82. The molecule has 120 valence electrons. The Kier molecular flexibility index (Phi) is 3.57. The van der Waals surface area contributed by atoms with Crippen LogP contribution in [0.1, 0.15) is 0 Å². The molecule has 2 aliphatic rings. The van der Waals surface area contributed by atoms with E-state index in [1.165, 1.54) is 6.07 Å². The largest absolute Gasteiger partial charge is 0.481 e. The quantitative estimate of drug-likeness (QED) is 0.490. The number of benzene rings is 1. The lowest BCUT2D eigenvalue weighted by atomic mass is 9.82. The van der Waals surface area contributed by atoms with Crippen molar-refractivity contribution >= 4 is 23.3 Å². The van der Waals surface area contributed by atoms with Gasteiger partial charge in [0.25, 0.3) is 0 Å². The number of amides is 1. The Bertz CT molecular complexity index is 734. The van der Waals surface area contributed by atoms with Crippen molar-refractivity contribution in [3.63, 3.8) is 0 Å². The number of anilines is 1. The van der Waals surface area contributed by atoms with Crippen molar-refractivity contribution in [2.24, 2.45) is 11.8 Å². The number of nitro benzene ring substituents is 1. The monoisotopic (exact) mass is 322 g/mol. The molecule has 2 bridgehead atoms. The van der Waals surface area contributed by atoms with E-state index in [0.717, 1.165) is 12.1 Å². The molecule has 8 nitrogen and oxygen atoms in total. The fourth-order valence-electron chi connectivity index (χ4n) is 2.87. The lowest BCUT2D eigenvalue weighted by Gasteiger charge is -2.20. The van der Waals surface area contributed by atoms with E-state index in [2.05, 4.69) is 5.32 Å². The van der Waals surface area contributed by atoms with E-state index in [0.29, 0.717) is 0 Å². The molecule has 0 saturated carbocycles. The number of carboxylic acids is 1. The second-order valence-corrected chi connectivity index (χ2v) is 5.25. The zero-order valence-electron chi connectivity index (χ0n) is 11.5. The molecule has 0 unspecified atom stereocenters. The first-order chi connectivity index (χ1) is 10.9. The average Bonchev–Trinajstić information content (AvgIpc) is 3.09. The van der Waals surface area contributed by atoms with E-state index in [-0.39, 0.29) is 5.69 Å². The van der Waals surface area contributed by atoms with Crippen molar-refractivity contribution < 1.29 is 28.7 Å². The fourth-order valence-corrected chi connectivity index (χ4v) is 2.87. The van der Waals surface area contributed by atoms with E-state index in [4.69, 9.17) is 4.74 Å². The second kappa shape index (κ2) is 5.43. The number of aliphatic carboxylic acids is 1. The van der Waals surface area contributed by atoms with Gasteiger partial charge in [-0.1, -0.05) is 12.2 Å². The lowest BCUT2D eigenvalue weighted by molar-refractivity contribution is -0.387. The summed E-state index contributed by atoms with van der Waals surface area (Å²) in [6.07, 6.45) is 1.88. The van der Waals surface area contributed by atoms with Gasteiger partial charge in [-0.05, 0) is 12.1 Å². The van der Waals surface area contributed by atoms with Gasteiger partial charge < -0.3 is 15.2 Å².